The number of esters is 1. The number of nitrogens with one attached hydrogen (secondary N) is 4. The lowest BCUT2D eigenvalue weighted by Gasteiger charge is -2.18. The van der Waals surface area contributed by atoms with Crippen LogP contribution in [0.3, 0.4) is 0 Å². The van der Waals surface area contributed by atoms with Crippen LogP contribution in [0.1, 0.15) is 71.0 Å². The van der Waals surface area contributed by atoms with Gasteiger partial charge in [0.1, 0.15) is 75.2 Å². The van der Waals surface area contributed by atoms with Gasteiger partial charge in [0.15, 0.2) is 0 Å². The van der Waals surface area contributed by atoms with Crippen LogP contribution in [0.2, 0.25) is 0 Å². The first-order chi connectivity index (χ1) is 35.8. The quantitative estimate of drug-likeness (QED) is 0.0157. The number of nitrogen functional groups attached to an aromatic ring is 3. The van der Waals surface area contributed by atoms with E-state index >= 15 is 0 Å². The van der Waals surface area contributed by atoms with E-state index < -0.39 is 0 Å². The highest BCUT2D eigenvalue weighted by Gasteiger charge is 2.13. The molecule has 1 amide bonds. The average Bonchev–Trinajstić information content (AvgIpc) is 3.40. The molecule has 6 rings (SSSR count). The van der Waals surface area contributed by atoms with E-state index in [4.69, 9.17) is 26.8 Å². The smallest absolute Gasteiger partial charge is 0.338 e. The number of aromatic nitrogens is 6. The minimum atomic E-state index is -0.334. The van der Waals surface area contributed by atoms with Crippen LogP contribution in [0.4, 0.5) is 57.7 Å². The average molecular weight is 1020 g/mol. The Kier molecular flexibility index (Phi) is 24.2. The number of oxime groups is 3. The van der Waals surface area contributed by atoms with Gasteiger partial charge in [-0.15, -0.1) is 0 Å². The highest BCUT2D eigenvalue weighted by Crippen LogP contribution is 2.24. The highest BCUT2D eigenvalue weighted by atomic mass is 16.6. The third kappa shape index (κ3) is 18.5. The van der Waals surface area contributed by atoms with Crippen molar-refractivity contribution < 1.29 is 28.8 Å². The Balaban J connectivity index is 0.000000243. The van der Waals surface area contributed by atoms with E-state index in [0.29, 0.717) is 64.2 Å². The summed E-state index contributed by atoms with van der Waals surface area (Å²) in [7, 11) is 8.32. The molecule has 3 heterocycles. The number of rotatable bonds is 23. The number of ether oxygens (including phenoxy) is 1. The van der Waals surface area contributed by atoms with E-state index in [2.05, 4.69) is 95.1 Å². The fourth-order valence-corrected chi connectivity index (χ4v) is 6.23. The van der Waals surface area contributed by atoms with Gasteiger partial charge in [-0.1, -0.05) is 42.7 Å². The van der Waals surface area contributed by atoms with Crippen LogP contribution in [0.25, 0.3) is 0 Å². The summed E-state index contributed by atoms with van der Waals surface area (Å²) in [6.45, 7) is 10.1. The largest absolute Gasteiger partial charge is 0.462 e. The predicted molar refractivity (Wildman–Crippen MR) is 292 cm³/mol. The number of unbranched alkanes of at least 4 members (excludes halogenated alkanes) is 1. The van der Waals surface area contributed by atoms with Crippen LogP contribution in [-0.4, -0.2) is 134 Å². The van der Waals surface area contributed by atoms with Crippen molar-refractivity contribution in [2.45, 2.75) is 33.6 Å². The van der Waals surface area contributed by atoms with Gasteiger partial charge < -0.3 is 67.5 Å². The minimum absolute atomic E-state index is 0.0992. The SMILES string of the molecule is CCCCOC(=O)c1ccc(Nc2ncnc(N)c2/C=N/OC)cc1.CCN(CC)CCNC(=O)c1ccc(Nc2ncnc(N)c2/C=N/OC)cc1.CO/N=C/c1c(N)ncnc1Nc1ccc(N(C)C)cc1. The van der Waals surface area contributed by atoms with Gasteiger partial charge in [0.25, 0.3) is 5.91 Å². The molecule has 3 aromatic heterocycles. The van der Waals surface area contributed by atoms with Crippen molar-refractivity contribution in [2.24, 2.45) is 15.5 Å². The lowest BCUT2D eigenvalue weighted by Crippen LogP contribution is -2.34. The molecule has 0 aliphatic heterocycles. The fourth-order valence-electron chi connectivity index (χ4n) is 6.23. The number of amides is 1. The normalized spacial score (nSPS) is 10.8. The van der Waals surface area contributed by atoms with Gasteiger partial charge >= 0.3 is 5.97 Å². The lowest BCUT2D eigenvalue weighted by atomic mass is 10.2. The summed E-state index contributed by atoms with van der Waals surface area (Å²) in [5.74, 6) is 1.99. The Hall–Kier alpha value is -9.19. The summed E-state index contributed by atoms with van der Waals surface area (Å²) in [6.07, 6.45) is 10.3. The molecule has 0 fully saturated rings. The molecule has 392 valence electrons. The molecule has 24 nitrogen and oxygen atoms in total. The van der Waals surface area contributed by atoms with E-state index in [1.54, 1.807) is 48.5 Å². The molecule has 0 aliphatic rings. The molecule has 24 heteroatoms. The van der Waals surface area contributed by atoms with Crippen molar-refractivity contribution in [3.05, 3.63) is 120 Å². The number of nitrogens with zero attached hydrogens (tertiary/aromatic N) is 11. The third-order valence-corrected chi connectivity index (χ3v) is 10.4. The Bertz CT molecular complexity index is 2740. The number of hydrogen-bond acceptors (Lipinski definition) is 23. The van der Waals surface area contributed by atoms with Crippen LogP contribution in [0.5, 0.6) is 0 Å². The van der Waals surface area contributed by atoms with E-state index in [0.717, 1.165) is 55.2 Å². The number of likely N-dealkylation sites (N-methyl/N-ethyl adjacent to an activating group) is 1. The molecule has 3 aromatic carbocycles. The molecular weight excluding hydrogens is 949 g/mol. The van der Waals surface area contributed by atoms with Crippen molar-refractivity contribution in [1.82, 2.24) is 40.1 Å². The fraction of sp³-hybridized carbons (Fsp3) is 0.300. The highest BCUT2D eigenvalue weighted by molar-refractivity contribution is 5.96. The van der Waals surface area contributed by atoms with E-state index in [-0.39, 0.29) is 23.5 Å². The Morgan fingerprint density at radius 3 is 1.34 bits per heavy atom. The van der Waals surface area contributed by atoms with Crippen molar-refractivity contribution in [3.8, 4) is 0 Å². The molecule has 0 aliphatic carbocycles. The van der Waals surface area contributed by atoms with Crippen LogP contribution in [0.15, 0.2) is 107 Å². The maximum Gasteiger partial charge on any atom is 0.338 e. The molecule has 0 radical (unpaired) electrons. The molecule has 6 aromatic rings. The third-order valence-electron chi connectivity index (χ3n) is 10.4. The van der Waals surface area contributed by atoms with Crippen molar-refractivity contribution >= 4 is 88.2 Å². The first kappa shape index (κ1) is 57.4. The number of nitrogens with two attached hydrogens (primary N) is 3. The Morgan fingerprint density at radius 1 is 0.581 bits per heavy atom. The summed E-state index contributed by atoms with van der Waals surface area (Å²) in [6, 6.07) is 21.9. The lowest BCUT2D eigenvalue weighted by molar-refractivity contribution is 0.0499. The molecule has 0 saturated carbocycles. The summed E-state index contributed by atoms with van der Waals surface area (Å²) in [4.78, 5) is 66.8. The molecular formula is C50H66N18O6. The molecule has 0 bridgehead atoms. The number of anilines is 10. The second-order valence-electron chi connectivity index (χ2n) is 15.6. The molecule has 74 heavy (non-hydrogen) atoms. The van der Waals surface area contributed by atoms with Gasteiger partial charge in [0.2, 0.25) is 0 Å². The first-order valence-electron chi connectivity index (χ1n) is 23.3. The topological polar surface area (TPSA) is 318 Å². The maximum atomic E-state index is 12.3. The zero-order valence-electron chi connectivity index (χ0n) is 42.9. The van der Waals surface area contributed by atoms with Gasteiger partial charge in [-0.3, -0.25) is 4.79 Å². The molecule has 0 unspecified atom stereocenters. The van der Waals surface area contributed by atoms with Gasteiger partial charge in [0, 0.05) is 55.5 Å². The van der Waals surface area contributed by atoms with Crippen LogP contribution in [0, 0.1) is 0 Å². The van der Waals surface area contributed by atoms with Crippen LogP contribution in [-0.2, 0) is 19.2 Å². The van der Waals surface area contributed by atoms with Crippen LogP contribution >= 0.6 is 0 Å². The second kappa shape index (κ2) is 31.2. The van der Waals surface area contributed by atoms with Crippen molar-refractivity contribution in [1.29, 1.82) is 0 Å². The molecule has 10 N–H and O–H groups in total. The van der Waals surface area contributed by atoms with Gasteiger partial charge in [0.05, 0.1) is 47.5 Å². The summed E-state index contributed by atoms with van der Waals surface area (Å²) < 4.78 is 5.18. The van der Waals surface area contributed by atoms with E-state index in [1.807, 2.05) is 50.2 Å². The standard InChI is InChI=1S/C19H27N7O2.C17H21N5O3.C14H18N6O/c1-4-26(5-2)11-10-21-19(27)14-6-8-15(9-7-14)25-18-16(12-24-28-3)17(20)22-13-23-18;1-3-4-9-25-17(23)12-5-7-13(8-6-12)22-16-14(10-21-24-2)15(18)19-11-20-16;1-20(2)11-6-4-10(5-7-11)19-14-12(8-18-21-3)13(15)16-9-17-14/h6-9,12-13H,4-5,10-11H2,1-3H3,(H,21,27)(H3,20,22,23,25);5-8,10-11H,3-4,9H2,1-2H3,(H3,18,19,20,22);4-9H,1-3H3,(H3,15,16,17,19)/b24-12+;21-10+;18-8+. The number of carbonyl (C=O) groups excluding carboxylic acids is 2. The second-order valence-corrected chi connectivity index (χ2v) is 15.6. The van der Waals surface area contributed by atoms with Crippen LogP contribution < -0.4 is 43.4 Å². The Morgan fingerprint density at radius 2 is 0.973 bits per heavy atom. The minimum Gasteiger partial charge on any atom is -0.462 e. The van der Waals surface area contributed by atoms with Gasteiger partial charge in [-0.2, -0.15) is 0 Å². The molecule has 0 spiro atoms. The number of hydrogen-bond donors (Lipinski definition) is 7. The first-order valence-corrected chi connectivity index (χ1v) is 23.3. The monoisotopic (exact) mass is 1010 g/mol. The zero-order valence-corrected chi connectivity index (χ0v) is 42.9. The number of benzene rings is 3. The van der Waals surface area contributed by atoms with Crippen molar-refractivity contribution in [3.63, 3.8) is 0 Å². The van der Waals surface area contributed by atoms with Gasteiger partial charge in [-0.05, 0) is 92.3 Å². The summed E-state index contributed by atoms with van der Waals surface area (Å²) in [5.41, 5.74) is 23.7. The van der Waals surface area contributed by atoms with Gasteiger partial charge in [-0.25, -0.2) is 34.7 Å². The summed E-state index contributed by atoms with van der Waals surface area (Å²) in [5, 5.41) is 23.5. The predicted octanol–water partition coefficient (Wildman–Crippen LogP) is 6.44. The Labute approximate surface area is 430 Å². The van der Waals surface area contributed by atoms with E-state index in [1.165, 1.54) is 59.0 Å². The number of carbonyl (C=O) groups is 2. The molecule has 0 saturated heterocycles. The van der Waals surface area contributed by atoms with E-state index in [9.17, 15) is 9.59 Å². The van der Waals surface area contributed by atoms with Crippen molar-refractivity contribution in [2.75, 3.05) is 106 Å². The molecule has 0 atom stereocenters. The summed E-state index contributed by atoms with van der Waals surface area (Å²) >= 11 is 0. The maximum absolute atomic E-state index is 12.3. The zero-order chi connectivity index (χ0) is 53.7.